The fraction of sp³-hybridized carbons (Fsp3) is 0.500. The first-order chi connectivity index (χ1) is 4.90. The summed E-state index contributed by atoms with van der Waals surface area (Å²) in [6.45, 7) is 2.88. The number of fused-ring (bicyclic) bond motifs is 2. The van der Waals surface area contributed by atoms with Crippen LogP contribution in [0.15, 0.2) is 12.1 Å². The normalized spacial score (nSPS) is 21.9. The molecule has 54 valence electrons. The lowest BCUT2D eigenvalue weighted by Crippen LogP contribution is -2.02. The highest BCUT2D eigenvalue weighted by atomic mass is 32.1. The summed E-state index contributed by atoms with van der Waals surface area (Å²) in [5.74, 6) is 0. The van der Waals surface area contributed by atoms with Crippen molar-refractivity contribution in [3.8, 4) is 0 Å². The Kier molecular flexibility index (Phi) is 1.51. The molecule has 0 fully saturated rings. The van der Waals surface area contributed by atoms with Gasteiger partial charge < -0.3 is 4.74 Å². The maximum atomic E-state index is 5.51. The predicted molar refractivity (Wildman–Crippen MR) is 42.4 cm³/mol. The second-order valence-corrected chi connectivity index (χ2v) is 3.65. The van der Waals surface area contributed by atoms with Crippen molar-refractivity contribution in [3.63, 3.8) is 0 Å². The summed E-state index contributed by atoms with van der Waals surface area (Å²) in [5, 5.41) is 0. The fourth-order valence-corrected chi connectivity index (χ4v) is 2.40. The molecule has 1 aromatic rings. The maximum Gasteiger partial charge on any atom is 0.0964 e. The highest BCUT2D eigenvalue weighted by molar-refractivity contribution is 7.12. The number of rotatable bonds is 2. The van der Waals surface area contributed by atoms with Crippen LogP contribution >= 0.6 is 11.3 Å². The van der Waals surface area contributed by atoms with Crippen molar-refractivity contribution in [1.29, 1.82) is 0 Å². The van der Waals surface area contributed by atoms with Gasteiger partial charge in [0.2, 0.25) is 0 Å². The zero-order valence-corrected chi connectivity index (χ0v) is 6.78. The molecule has 1 unspecified atom stereocenters. The Balaban J connectivity index is 2.13. The van der Waals surface area contributed by atoms with Crippen LogP contribution in [0, 0.1) is 0 Å². The molecule has 1 aromatic heterocycles. The van der Waals surface area contributed by atoms with Crippen molar-refractivity contribution in [2.75, 3.05) is 6.61 Å². The van der Waals surface area contributed by atoms with Gasteiger partial charge in [0.1, 0.15) is 0 Å². The van der Waals surface area contributed by atoms with Crippen LogP contribution in [-0.2, 0) is 11.2 Å². The van der Waals surface area contributed by atoms with Gasteiger partial charge in [-0.15, -0.1) is 11.3 Å². The van der Waals surface area contributed by atoms with Gasteiger partial charge in [-0.2, -0.15) is 0 Å². The third kappa shape index (κ3) is 0.879. The average molecular weight is 154 g/mol. The standard InChI is InChI=1S/C8H10OS/c1-2-9-7-5-6-3-4-8(7)10-6/h3-4,7H,2,5H2,1H3. The summed E-state index contributed by atoms with van der Waals surface area (Å²) < 4.78 is 5.51. The van der Waals surface area contributed by atoms with Gasteiger partial charge in [-0.1, -0.05) is 0 Å². The molecule has 1 aliphatic rings. The smallest absolute Gasteiger partial charge is 0.0964 e. The van der Waals surface area contributed by atoms with E-state index in [-0.39, 0.29) is 0 Å². The first-order valence-corrected chi connectivity index (χ1v) is 4.42. The van der Waals surface area contributed by atoms with Gasteiger partial charge in [-0.3, -0.25) is 0 Å². The lowest BCUT2D eigenvalue weighted by atomic mass is 10.1. The van der Waals surface area contributed by atoms with E-state index in [0.29, 0.717) is 6.10 Å². The molecule has 2 bridgehead atoms. The van der Waals surface area contributed by atoms with Crippen molar-refractivity contribution in [2.45, 2.75) is 19.4 Å². The second kappa shape index (κ2) is 2.36. The summed E-state index contributed by atoms with van der Waals surface area (Å²) in [5.41, 5.74) is 0. The van der Waals surface area contributed by atoms with E-state index in [1.165, 1.54) is 9.75 Å². The molecule has 0 amide bonds. The molecule has 0 aliphatic carbocycles. The van der Waals surface area contributed by atoms with Gasteiger partial charge >= 0.3 is 0 Å². The molecule has 0 radical (unpaired) electrons. The third-order valence-corrected chi connectivity index (χ3v) is 2.95. The molecule has 2 rings (SSSR count). The zero-order valence-electron chi connectivity index (χ0n) is 5.96. The van der Waals surface area contributed by atoms with Gasteiger partial charge in [-0.05, 0) is 19.1 Å². The first-order valence-electron chi connectivity index (χ1n) is 3.60. The molecule has 0 saturated heterocycles. The molecule has 2 heteroatoms. The van der Waals surface area contributed by atoms with Gasteiger partial charge in [0, 0.05) is 22.8 Å². The summed E-state index contributed by atoms with van der Waals surface area (Å²) in [4.78, 5) is 2.87. The summed E-state index contributed by atoms with van der Waals surface area (Å²) in [6.07, 6.45) is 1.51. The summed E-state index contributed by atoms with van der Waals surface area (Å²) >= 11 is 1.88. The van der Waals surface area contributed by atoms with Gasteiger partial charge in [0.05, 0.1) is 6.10 Å². The van der Waals surface area contributed by atoms with E-state index in [9.17, 15) is 0 Å². The number of hydrogen-bond donors (Lipinski definition) is 0. The second-order valence-electron chi connectivity index (χ2n) is 2.45. The molecule has 1 nitrogen and oxygen atoms in total. The molecule has 10 heavy (non-hydrogen) atoms. The Labute approximate surface area is 64.6 Å². The van der Waals surface area contributed by atoms with E-state index in [4.69, 9.17) is 4.74 Å². The van der Waals surface area contributed by atoms with Crippen LogP contribution in [0.25, 0.3) is 0 Å². The lowest BCUT2D eigenvalue weighted by molar-refractivity contribution is 0.0668. The molecule has 1 aliphatic heterocycles. The van der Waals surface area contributed by atoms with E-state index in [2.05, 4.69) is 12.1 Å². The quantitative estimate of drug-likeness (QED) is 0.635. The van der Waals surface area contributed by atoms with Gasteiger partial charge in [0.15, 0.2) is 0 Å². The van der Waals surface area contributed by atoms with E-state index in [0.717, 1.165) is 13.0 Å². The van der Waals surface area contributed by atoms with Crippen LogP contribution < -0.4 is 0 Å². The first kappa shape index (κ1) is 6.38. The van der Waals surface area contributed by atoms with Crippen LogP contribution in [-0.4, -0.2) is 6.61 Å². The number of hydrogen-bond acceptors (Lipinski definition) is 2. The SMILES string of the molecule is CCOC1Cc2ccc1s2. The molecule has 0 saturated carbocycles. The fourth-order valence-electron chi connectivity index (χ4n) is 1.30. The minimum Gasteiger partial charge on any atom is -0.373 e. The number of ether oxygens (including phenoxy) is 1. The van der Waals surface area contributed by atoms with E-state index >= 15 is 0 Å². The van der Waals surface area contributed by atoms with Crippen LogP contribution in [0.3, 0.4) is 0 Å². The Morgan fingerprint density at radius 2 is 2.60 bits per heavy atom. The Hall–Kier alpha value is -0.340. The highest BCUT2D eigenvalue weighted by Crippen LogP contribution is 2.37. The van der Waals surface area contributed by atoms with E-state index < -0.39 is 0 Å². The van der Waals surface area contributed by atoms with Crippen molar-refractivity contribution < 1.29 is 4.74 Å². The summed E-state index contributed by atoms with van der Waals surface area (Å²) in [6, 6.07) is 4.36. The Morgan fingerprint density at radius 1 is 1.70 bits per heavy atom. The molecule has 0 aromatic carbocycles. The minimum atomic E-state index is 0.398. The minimum absolute atomic E-state index is 0.398. The van der Waals surface area contributed by atoms with E-state index in [1.54, 1.807) is 0 Å². The van der Waals surface area contributed by atoms with Crippen LogP contribution in [0.2, 0.25) is 0 Å². The Bertz CT molecular complexity index is 229. The van der Waals surface area contributed by atoms with Crippen LogP contribution in [0.5, 0.6) is 0 Å². The van der Waals surface area contributed by atoms with E-state index in [1.807, 2.05) is 18.3 Å². The topological polar surface area (TPSA) is 9.23 Å². The van der Waals surface area contributed by atoms with Crippen molar-refractivity contribution in [3.05, 3.63) is 21.9 Å². The predicted octanol–water partition coefficient (Wildman–Crippen LogP) is 2.38. The zero-order chi connectivity index (χ0) is 6.97. The summed E-state index contributed by atoms with van der Waals surface area (Å²) in [7, 11) is 0. The molecule has 0 spiro atoms. The molecular weight excluding hydrogens is 144 g/mol. The van der Waals surface area contributed by atoms with Gasteiger partial charge in [-0.25, -0.2) is 0 Å². The Morgan fingerprint density at radius 3 is 3.10 bits per heavy atom. The lowest BCUT2D eigenvalue weighted by Gasteiger charge is -2.10. The molecule has 0 N–H and O–H groups in total. The van der Waals surface area contributed by atoms with Gasteiger partial charge in [0.25, 0.3) is 0 Å². The maximum absolute atomic E-state index is 5.51. The molecule has 1 atom stereocenters. The average Bonchev–Trinajstić information content (AvgIpc) is 2.48. The third-order valence-electron chi connectivity index (χ3n) is 1.75. The number of thiophene rings is 1. The van der Waals surface area contributed by atoms with Crippen LogP contribution in [0.1, 0.15) is 22.8 Å². The van der Waals surface area contributed by atoms with Crippen molar-refractivity contribution >= 4 is 11.3 Å². The van der Waals surface area contributed by atoms with Crippen LogP contribution in [0.4, 0.5) is 0 Å². The monoisotopic (exact) mass is 154 g/mol. The molecular formula is C8H10OS. The van der Waals surface area contributed by atoms with Crippen molar-refractivity contribution in [1.82, 2.24) is 0 Å². The van der Waals surface area contributed by atoms with Crippen molar-refractivity contribution in [2.24, 2.45) is 0 Å². The largest absolute Gasteiger partial charge is 0.373 e. The molecule has 2 heterocycles. The highest BCUT2D eigenvalue weighted by Gasteiger charge is 2.21.